The van der Waals surface area contributed by atoms with E-state index in [4.69, 9.17) is 4.74 Å². The first-order valence-electron chi connectivity index (χ1n) is 10.1. The standard InChI is InChI=1S/C22H29N3O2/c1-16-13-23-22(19-6-4-7-19)25(16)15-18-9-10-24(14-18)21(26)12-17-5-3-8-20(11-17)27-2/h3,5,8,11,13,18-19H,4,6-7,9-10,12,14-15H2,1-2H3. The number of imidazole rings is 1. The van der Waals surface area contributed by atoms with Crippen molar-refractivity contribution in [1.82, 2.24) is 14.5 Å². The van der Waals surface area contributed by atoms with Gasteiger partial charge in [-0.3, -0.25) is 4.79 Å². The quantitative estimate of drug-likeness (QED) is 0.784. The number of likely N-dealkylation sites (tertiary alicyclic amines) is 1. The first-order valence-corrected chi connectivity index (χ1v) is 10.1. The Hall–Kier alpha value is -2.30. The number of carbonyl (C=O) groups is 1. The van der Waals surface area contributed by atoms with Crippen LogP contribution in [0.2, 0.25) is 0 Å². The van der Waals surface area contributed by atoms with Gasteiger partial charge in [0.2, 0.25) is 5.91 Å². The maximum atomic E-state index is 12.7. The Morgan fingerprint density at radius 3 is 2.89 bits per heavy atom. The van der Waals surface area contributed by atoms with Gasteiger partial charge in [0.1, 0.15) is 11.6 Å². The average Bonchev–Trinajstić information content (AvgIpc) is 3.23. The molecule has 2 aromatic rings. The van der Waals surface area contributed by atoms with Crippen molar-refractivity contribution in [3.8, 4) is 5.75 Å². The summed E-state index contributed by atoms with van der Waals surface area (Å²) in [7, 11) is 1.65. The van der Waals surface area contributed by atoms with Crippen molar-refractivity contribution in [2.75, 3.05) is 20.2 Å². The van der Waals surface area contributed by atoms with E-state index in [1.807, 2.05) is 35.4 Å². The van der Waals surface area contributed by atoms with Crippen LogP contribution in [0.15, 0.2) is 30.5 Å². The molecule has 0 radical (unpaired) electrons. The number of aromatic nitrogens is 2. The Kier molecular flexibility index (Phi) is 5.19. The van der Waals surface area contributed by atoms with Gasteiger partial charge in [-0.15, -0.1) is 0 Å². The Morgan fingerprint density at radius 2 is 2.15 bits per heavy atom. The van der Waals surface area contributed by atoms with Crippen LogP contribution in [0.1, 0.15) is 48.7 Å². The van der Waals surface area contributed by atoms with Gasteiger partial charge < -0.3 is 14.2 Å². The molecular weight excluding hydrogens is 338 g/mol. The third kappa shape index (κ3) is 3.87. The van der Waals surface area contributed by atoms with Crippen LogP contribution in [-0.2, 0) is 17.8 Å². The van der Waals surface area contributed by atoms with Gasteiger partial charge in [0.15, 0.2) is 0 Å². The predicted octanol–water partition coefficient (Wildman–Crippen LogP) is 3.56. The number of amides is 1. The van der Waals surface area contributed by atoms with Gasteiger partial charge in [-0.1, -0.05) is 18.6 Å². The zero-order valence-corrected chi connectivity index (χ0v) is 16.4. The van der Waals surface area contributed by atoms with Crippen molar-refractivity contribution in [3.05, 3.63) is 47.5 Å². The smallest absolute Gasteiger partial charge is 0.227 e. The molecule has 27 heavy (non-hydrogen) atoms. The van der Waals surface area contributed by atoms with Crippen molar-refractivity contribution in [2.24, 2.45) is 5.92 Å². The highest BCUT2D eigenvalue weighted by Gasteiger charge is 2.29. The SMILES string of the molecule is COc1cccc(CC(=O)N2CCC(Cn3c(C)cnc3C3CCC3)C2)c1. The van der Waals surface area contributed by atoms with Crippen LogP contribution in [0, 0.1) is 12.8 Å². The molecule has 5 heteroatoms. The molecule has 2 heterocycles. The van der Waals surface area contributed by atoms with E-state index in [0.717, 1.165) is 37.4 Å². The van der Waals surface area contributed by atoms with Gasteiger partial charge in [0.05, 0.1) is 13.5 Å². The van der Waals surface area contributed by atoms with Crippen LogP contribution in [0.4, 0.5) is 0 Å². The fraction of sp³-hybridized carbons (Fsp3) is 0.545. The van der Waals surface area contributed by atoms with E-state index in [-0.39, 0.29) is 5.91 Å². The molecule has 144 valence electrons. The van der Waals surface area contributed by atoms with E-state index in [0.29, 0.717) is 18.3 Å². The molecule has 1 atom stereocenters. The minimum atomic E-state index is 0.215. The number of benzene rings is 1. The summed E-state index contributed by atoms with van der Waals surface area (Å²) in [5, 5.41) is 0. The number of methoxy groups -OCH3 is 1. The number of rotatable bonds is 6. The summed E-state index contributed by atoms with van der Waals surface area (Å²) in [5.74, 6) is 3.45. The first-order chi connectivity index (χ1) is 13.1. The molecule has 0 N–H and O–H groups in total. The number of hydrogen-bond acceptors (Lipinski definition) is 3. The van der Waals surface area contributed by atoms with Crippen molar-refractivity contribution < 1.29 is 9.53 Å². The molecule has 1 aromatic carbocycles. The minimum Gasteiger partial charge on any atom is -0.497 e. The summed E-state index contributed by atoms with van der Waals surface area (Å²) in [6.07, 6.45) is 7.40. The lowest BCUT2D eigenvalue weighted by molar-refractivity contribution is -0.129. The molecule has 1 aromatic heterocycles. The number of ether oxygens (including phenoxy) is 1. The maximum absolute atomic E-state index is 12.7. The summed E-state index contributed by atoms with van der Waals surface area (Å²) >= 11 is 0. The molecule has 5 nitrogen and oxygen atoms in total. The van der Waals surface area contributed by atoms with E-state index in [2.05, 4.69) is 16.5 Å². The maximum Gasteiger partial charge on any atom is 0.227 e. The molecule has 1 amide bonds. The molecule has 1 saturated carbocycles. The van der Waals surface area contributed by atoms with Crippen molar-refractivity contribution in [3.63, 3.8) is 0 Å². The molecular formula is C22H29N3O2. The predicted molar refractivity (Wildman–Crippen MR) is 105 cm³/mol. The Balaban J connectivity index is 1.36. The van der Waals surface area contributed by atoms with Crippen LogP contribution in [0.25, 0.3) is 0 Å². The highest BCUT2D eigenvalue weighted by Crippen LogP contribution is 2.36. The van der Waals surface area contributed by atoms with Gasteiger partial charge in [-0.2, -0.15) is 0 Å². The van der Waals surface area contributed by atoms with E-state index in [9.17, 15) is 4.79 Å². The second-order valence-electron chi connectivity index (χ2n) is 8.02. The fourth-order valence-electron chi connectivity index (χ4n) is 4.24. The molecule has 1 saturated heterocycles. The summed E-state index contributed by atoms with van der Waals surface area (Å²) < 4.78 is 7.67. The highest BCUT2D eigenvalue weighted by atomic mass is 16.5. The minimum absolute atomic E-state index is 0.215. The summed E-state index contributed by atoms with van der Waals surface area (Å²) in [6, 6.07) is 7.80. The third-order valence-corrected chi connectivity index (χ3v) is 6.13. The lowest BCUT2D eigenvalue weighted by Crippen LogP contribution is -2.30. The van der Waals surface area contributed by atoms with E-state index in [1.54, 1.807) is 7.11 Å². The fourth-order valence-corrected chi connectivity index (χ4v) is 4.24. The Morgan fingerprint density at radius 1 is 1.30 bits per heavy atom. The molecule has 2 fully saturated rings. The summed E-state index contributed by atoms with van der Waals surface area (Å²) in [6.45, 7) is 4.85. The van der Waals surface area contributed by atoms with Crippen LogP contribution < -0.4 is 4.74 Å². The first kappa shape index (κ1) is 18.1. The van der Waals surface area contributed by atoms with Crippen LogP contribution >= 0.6 is 0 Å². The van der Waals surface area contributed by atoms with Crippen LogP contribution in [0.5, 0.6) is 5.75 Å². The van der Waals surface area contributed by atoms with Gasteiger partial charge in [0.25, 0.3) is 0 Å². The van der Waals surface area contributed by atoms with E-state index >= 15 is 0 Å². The monoisotopic (exact) mass is 367 g/mol. The zero-order valence-electron chi connectivity index (χ0n) is 16.4. The molecule has 2 aliphatic rings. The van der Waals surface area contributed by atoms with Crippen LogP contribution in [-0.4, -0.2) is 40.6 Å². The van der Waals surface area contributed by atoms with Gasteiger partial charge in [-0.05, 0) is 49.8 Å². The van der Waals surface area contributed by atoms with Crippen LogP contribution in [0.3, 0.4) is 0 Å². The molecule has 0 bridgehead atoms. The highest BCUT2D eigenvalue weighted by molar-refractivity contribution is 5.79. The normalized spacial score (nSPS) is 19.9. The summed E-state index contributed by atoms with van der Waals surface area (Å²) in [4.78, 5) is 19.4. The van der Waals surface area contributed by atoms with Crippen molar-refractivity contribution >= 4 is 5.91 Å². The van der Waals surface area contributed by atoms with E-state index < -0.39 is 0 Å². The molecule has 1 aliphatic heterocycles. The Labute approximate surface area is 161 Å². The number of hydrogen-bond donors (Lipinski definition) is 0. The zero-order chi connectivity index (χ0) is 18.8. The van der Waals surface area contributed by atoms with Gasteiger partial charge >= 0.3 is 0 Å². The van der Waals surface area contributed by atoms with Gasteiger partial charge in [-0.25, -0.2) is 4.98 Å². The van der Waals surface area contributed by atoms with Crippen molar-refractivity contribution in [2.45, 2.75) is 51.5 Å². The lowest BCUT2D eigenvalue weighted by atomic mass is 9.84. The van der Waals surface area contributed by atoms with E-state index in [1.165, 1.54) is 30.8 Å². The second kappa shape index (κ2) is 7.75. The largest absolute Gasteiger partial charge is 0.497 e. The summed E-state index contributed by atoms with van der Waals surface area (Å²) in [5.41, 5.74) is 2.26. The number of carbonyl (C=O) groups excluding carboxylic acids is 1. The number of nitrogens with zero attached hydrogens (tertiary/aromatic N) is 3. The molecule has 0 spiro atoms. The van der Waals surface area contributed by atoms with Crippen molar-refractivity contribution in [1.29, 1.82) is 0 Å². The second-order valence-corrected chi connectivity index (χ2v) is 8.02. The third-order valence-electron chi connectivity index (χ3n) is 6.13. The number of aryl methyl sites for hydroxylation is 1. The molecule has 4 rings (SSSR count). The lowest BCUT2D eigenvalue weighted by Gasteiger charge is -2.27. The molecule has 1 aliphatic carbocycles. The average molecular weight is 367 g/mol. The topological polar surface area (TPSA) is 47.4 Å². The molecule has 1 unspecified atom stereocenters. The van der Waals surface area contributed by atoms with Gasteiger partial charge in [0, 0.05) is 37.4 Å². The Bertz CT molecular complexity index is 810.